The molecule has 98 valence electrons. The number of piperidine rings is 1. The first-order valence-electron chi connectivity index (χ1n) is 6.03. The maximum absolute atomic E-state index is 12.2. The quantitative estimate of drug-likeness (QED) is 0.799. The molecular formula is C12H18N4O2. The van der Waals surface area contributed by atoms with E-state index in [0.29, 0.717) is 37.4 Å². The number of hydrogen-bond donors (Lipinski definition) is 2. The topological polar surface area (TPSA) is 78.4 Å². The lowest BCUT2D eigenvalue weighted by molar-refractivity contribution is -0.00220. The molecule has 0 spiro atoms. The largest absolute Gasteiger partial charge is 0.390 e. The number of rotatable bonds is 2. The summed E-state index contributed by atoms with van der Waals surface area (Å²) in [4.78, 5) is 22.1. The van der Waals surface area contributed by atoms with Crippen LogP contribution in [0.3, 0.4) is 0 Å². The fraction of sp³-hybridized carbons (Fsp3) is 0.583. The maximum Gasteiger partial charge on any atom is 0.274 e. The Labute approximate surface area is 106 Å². The lowest BCUT2D eigenvalue weighted by atomic mass is 9.94. The van der Waals surface area contributed by atoms with E-state index in [1.165, 1.54) is 6.20 Å². The summed E-state index contributed by atoms with van der Waals surface area (Å²) in [5, 5.41) is 12.7. The highest BCUT2D eigenvalue weighted by Crippen LogP contribution is 2.22. The average Bonchev–Trinajstić information content (AvgIpc) is 2.38. The first-order chi connectivity index (χ1) is 8.52. The van der Waals surface area contributed by atoms with Crippen LogP contribution in [-0.2, 0) is 0 Å². The van der Waals surface area contributed by atoms with Gasteiger partial charge in [0.15, 0.2) is 0 Å². The van der Waals surface area contributed by atoms with Gasteiger partial charge in [-0.25, -0.2) is 4.98 Å². The Kier molecular flexibility index (Phi) is 3.47. The minimum absolute atomic E-state index is 0.130. The summed E-state index contributed by atoms with van der Waals surface area (Å²) in [6.07, 6.45) is 4.23. The molecule has 0 unspecified atom stereocenters. The van der Waals surface area contributed by atoms with Crippen molar-refractivity contribution in [1.29, 1.82) is 0 Å². The van der Waals surface area contributed by atoms with Crippen molar-refractivity contribution in [2.75, 3.05) is 25.5 Å². The van der Waals surface area contributed by atoms with Crippen LogP contribution in [0.2, 0.25) is 0 Å². The summed E-state index contributed by atoms with van der Waals surface area (Å²) in [6.45, 7) is 2.91. The molecule has 1 aliphatic rings. The predicted octanol–water partition coefficient (Wildman–Crippen LogP) is 0.505. The molecule has 6 heteroatoms. The molecule has 1 amide bonds. The van der Waals surface area contributed by atoms with Crippen molar-refractivity contribution < 1.29 is 9.90 Å². The molecule has 2 heterocycles. The Balaban J connectivity index is 2.07. The number of carbonyl (C=O) groups is 1. The highest BCUT2D eigenvalue weighted by molar-refractivity contribution is 5.92. The van der Waals surface area contributed by atoms with Gasteiger partial charge in [0.1, 0.15) is 11.5 Å². The van der Waals surface area contributed by atoms with Gasteiger partial charge in [0, 0.05) is 20.1 Å². The van der Waals surface area contributed by atoms with E-state index in [9.17, 15) is 9.90 Å². The monoisotopic (exact) mass is 250 g/mol. The molecule has 18 heavy (non-hydrogen) atoms. The summed E-state index contributed by atoms with van der Waals surface area (Å²) in [5.74, 6) is 0.444. The molecule has 2 N–H and O–H groups in total. The van der Waals surface area contributed by atoms with Gasteiger partial charge in [0.25, 0.3) is 5.91 Å². The normalized spacial score (nSPS) is 18.5. The second-order valence-corrected chi connectivity index (χ2v) is 4.83. The molecule has 1 aliphatic heterocycles. The third-order valence-electron chi connectivity index (χ3n) is 3.24. The van der Waals surface area contributed by atoms with Crippen molar-refractivity contribution >= 4 is 11.7 Å². The van der Waals surface area contributed by atoms with Crippen LogP contribution in [0.5, 0.6) is 0 Å². The van der Waals surface area contributed by atoms with Crippen molar-refractivity contribution in [3.05, 3.63) is 18.1 Å². The van der Waals surface area contributed by atoms with Crippen LogP contribution in [0.4, 0.5) is 5.82 Å². The van der Waals surface area contributed by atoms with Crippen LogP contribution < -0.4 is 5.32 Å². The standard InChI is InChI=1S/C12H18N4O2/c1-12(18)3-5-16(6-4-12)11(17)9-7-14-8-10(13-2)15-9/h7-8,18H,3-6H2,1-2H3,(H,13,15). The number of aromatic nitrogens is 2. The molecule has 0 saturated carbocycles. The van der Waals surface area contributed by atoms with E-state index in [2.05, 4.69) is 15.3 Å². The van der Waals surface area contributed by atoms with Gasteiger partial charge in [-0.15, -0.1) is 0 Å². The van der Waals surface area contributed by atoms with Crippen LogP contribution in [0.25, 0.3) is 0 Å². The number of amides is 1. The summed E-state index contributed by atoms with van der Waals surface area (Å²) < 4.78 is 0. The summed E-state index contributed by atoms with van der Waals surface area (Å²) >= 11 is 0. The number of carbonyl (C=O) groups excluding carboxylic acids is 1. The van der Waals surface area contributed by atoms with E-state index in [1.54, 1.807) is 25.1 Å². The van der Waals surface area contributed by atoms with Gasteiger partial charge in [0.2, 0.25) is 0 Å². The van der Waals surface area contributed by atoms with E-state index >= 15 is 0 Å². The Morgan fingerprint density at radius 3 is 2.72 bits per heavy atom. The molecule has 1 aromatic heterocycles. The maximum atomic E-state index is 12.2. The van der Waals surface area contributed by atoms with Gasteiger partial charge in [-0.05, 0) is 19.8 Å². The molecule has 6 nitrogen and oxygen atoms in total. The number of nitrogens with zero attached hydrogens (tertiary/aromatic N) is 3. The van der Waals surface area contributed by atoms with Gasteiger partial charge in [0.05, 0.1) is 18.0 Å². The molecule has 0 aliphatic carbocycles. The second kappa shape index (κ2) is 4.89. The molecule has 2 rings (SSSR count). The van der Waals surface area contributed by atoms with Crippen LogP contribution in [0.15, 0.2) is 12.4 Å². The first-order valence-corrected chi connectivity index (χ1v) is 6.03. The lowest BCUT2D eigenvalue weighted by Gasteiger charge is -2.35. The lowest BCUT2D eigenvalue weighted by Crippen LogP contribution is -2.45. The molecule has 0 radical (unpaired) electrons. The molecular weight excluding hydrogens is 232 g/mol. The second-order valence-electron chi connectivity index (χ2n) is 4.83. The zero-order valence-corrected chi connectivity index (χ0v) is 10.7. The molecule has 1 saturated heterocycles. The number of anilines is 1. The third kappa shape index (κ3) is 2.76. The molecule has 1 aromatic rings. The Morgan fingerprint density at radius 2 is 2.11 bits per heavy atom. The van der Waals surface area contributed by atoms with Crippen molar-refractivity contribution in [3.8, 4) is 0 Å². The number of nitrogens with one attached hydrogen (secondary N) is 1. The van der Waals surface area contributed by atoms with Crippen LogP contribution in [0, 0.1) is 0 Å². The zero-order valence-electron chi connectivity index (χ0n) is 10.7. The van der Waals surface area contributed by atoms with Crippen molar-refractivity contribution in [2.45, 2.75) is 25.4 Å². The van der Waals surface area contributed by atoms with E-state index in [1.807, 2.05) is 0 Å². The molecule has 0 aromatic carbocycles. The highest BCUT2D eigenvalue weighted by Gasteiger charge is 2.30. The Bertz CT molecular complexity index is 437. The SMILES string of the molecule is CNc1cncc(C(=O)N2CCC(C)(O)CC2)n1. The Morgan fingerprint density at radius 1 is 1.44 bits per heavy atom. The average molecular weight is 250 g/mol. The molecule has 0 bridgehead atoms. The van der Waals surface area contributed by atoms with E-state index in [0.717, 1.165) is 0 Å². The molecule has 1 fully saturated rings. The first kappa shape index (κ1) is 12.8. The van der Waals surface area contributed by atoms with Crippen molar-refractivity contribution in [1.82, 2.24) is 14.9 Å². The predicted molar refractivity (Wildman–Crippen MR) is 67.3 cm³/mol. The summed E-state index contributed by atoms with van der Waals surface area (Å²) in [6, 6.07) is 0. The third-order valence-corrected chi connectivity index (χ3v) is 3.24. The van der Waals surface area contributed by atoms with Crippen LogP contribution >= 0.6 is 0 Å². The Hall–Kier alpha value is -1.69. The van der Waals surface area contributed by atoms with E-state index in [-0.39, 0.29) is 5.91 Å². The van der Waals surface area contributed by atoms with Crippen LogP contribution in [0.1, 0.15) is 30.3 Å². The van der Waals surface area contributed by atoms with Gasteiger partial charge in [-0.1, -0.05) is 0 Å². The number of likely N-dealkylation sites (tertiary alicyclic amines) is 1. The van der Waals surface area contributed by atoms with Crippen molar-refractivity contribution in [3.63, 3.8) is 0 Å². The molecule has 0 atom stereocenters. The summed E-state index contributed by atoms with van der Waals surface area (Å²) in [5.41, 5.74) is -0.321. The van der Waals surface area contributed by atoms with Crippen molar-refractivity contribution in [2.24, 2.45) is 0 Å². The van der Waals surface area contributed by atoms with Crippen LogP contribution in [-0.4, -0.2) is 51.6 Å². The smallest absolute Gasteiger partial charge is 0.274 e. The van der Waals surface area contributed by atoms with Gasteiger partial charge < -0.3 is 15.3 Å². The van der Waals surface area contributed by atoms with E-state index in [4.69, 9.17) is 0 Å². The fourth-order valence-electron chi connectivity index (χ4n) is 1.94. The zero-order chi connectivity index (χ0) is 13.2. The van der Waals surface area contributed by atoms with Gasteiger partial charge in [-0.2, -0.15) is 0 Å². The minimum Gasteiger partial charge on any atom is -0.390 e. The van der Waals surface area contributed by atoms with E-state index < -0.39 is 5.60 Å². The summed E-state index contributed by atoms with van der Waals surface area (Å²) in [7, 11) is 1.73. The fourth-order valence-corrected chi connectivity index (χ4v) is 1.94. The van der Waals surface area contributed by atoms with Gasteiger partial charge >= 0.3 is 0 Å². The highest BCUT2D eigenvalue weighted by atomic mass is 16.3. The minimum atomic E-state index is -0.657. The van der Waals surface area contributed by atoms with Gasteiger partial charge in [-0.3, -0.25) is 9.78 Å². The number of aliphatic hydroxyl groups is 1. The number of hydrogen-bond acceptors (Lipinski definition) is 5.